The van der Waals surface area contributed by atoms with Crippen molar-refractivity contribution in [3.05, 3.63) is 34.4 Å². The summed E-state index contributed by atoms with van der Waals surface area (Å²) in [5, 5.41) is 14.8. The van der Waals surface area contributed by atoms with Gasteiger partial charge < -0.3 is 0 Å². The number of nitrogens with one attached hydrogen (secondary N) is 1. The van der Waals surface area contributed by atoms with Crippen LogP contribution < -0.4 is 9.73 Å². The number of rotatable bonds is 6. The van der Waals surface area contributed by atoms with Gasteiger partial charge in [0.05, 0.1) is 16.9 Å². The number of non-ortho nitro benzene ring substituents is 1. The van der Waals surface area contributed by atoms with Crippen molar-refractivity contribution in [2.45, 2.75) is 25.7 Å². The van der Waals surface area contributed by atoms with Gasteiger partial charge in [-0.05, 0) is 31.7 Å². The van der Waals surface area contributed by atoms with Gasteiger partial charge in [0.25, 0.3) is 11.6 Å². The Bertz CT molecular complexity index is 767. The van der Waals surface area contributed by atoms with Gasteiger partial charge in [-0.3, -0.25) is 19.2 Å². The van der Waals surface area contributed by atoms with Gasteiger partial charge in [-0.1, -0.05) is 6.07 Å². The number of sulfonamides is 1. The number of hydrogen-bond acceptors (Lipinski definition) is 6. The molecule has 1 aliphatic carbocycles. The van der Waals surface area contributed by atoms with Crippen LogP contribution in [0.2, 0.25) is 0 Å². The molecule has 0 atom stereocenters. The highest BCUT2D eigenvalue weighted by Gasteiger charge is 2.22. The summed E-state index contributed by atoms with van der Waals surface area (Å²) in [6.45, 7) is -0.503. The van der Waals surface area contributed by atoms with Crippen LogP contribution in [-0.4, -0.2) is 37.8 Å². The van der Waals surface area contributed by atoms with E-state index in [2.05, 4.69) is 10.5 Å². The number of hydrazone groups is 1. The Labute approximate surface area is 139 Å². The van der Waals surface area contributed by atoms with Crippen LogP contribution in [0, 0.1) is 10.1 Å². The van der Waals surface area contributed by atoms with Gasteiger partial charge in [0.1, 0.15) is 6.54 Å². The van der Waals surface area contributed by atoms with E-state index in [-0.39, 0.29) is 11.4 Å². The van der Waals surface area contributed by atoms with E-state index in [1.807, 2.05) is 0 Å². The average Bonchev–Trinajstić information content (AvgIpc) is 3.03. The molecule has 0 bridgehead atoms. The summed E-state index contributed by atoms with van der Waals surface area (Å²) in [4.78, 5) is 22.2. The van der Waals surface area contributed by atoms with Crippen molar-refractivity contribution in [2.24, 2.45) is 5.10 Å². The third-order valence-electron chi connectivity index (χ3n) is 3.54. The number of nitro groups is 1. The van der Waals surface area contributed by atoms with Crippen LogP contribution in [0.3, 0.4) is 0 Å². The van der Waals surface area contributed by atoms with Crippen LogP contribution in [0.15, 0.2) is 29.4 Å². The van der Waals surface area contributed by atoms with Crippen molar-refractivity contribution >= 4 is 33.0 Å². The third kappa shape index (κ3) is 4.75. The van der Waals surface area contributed by atoms with Gasteiger partial charge in [-0.25, -0.2) is 13.8 Å². The molecule has 2 rings (SSSR count). The van der Waals surface area contributed by atoms with E-state index in [1.165, 1.54) is 18.2 Å². The van der Waals surface area contributed by atoms with Crippen molar-refractivity contribution < 1.29 is 18.1 Å². The molecule has 0 heterocycles. The Morgan fingerprint density at radius 2 is 2.04 bits per heavy atom. The second kappa shape index (κ2) is 7.39. The van der Waals surface area contributed by atoms with Gasteiger partial charge in [-0.2, -0.15) is 5.10 Å². The molecule has 1 aromatic rings. The molecule has 0 unspecified atom stereocenters. The van der Waals surface area contributed by atoms with Gasteiger partial charge in [-0.15, -0.1) is 0 Å². The van der Waals surface area contributed by atoms with Crippen molar-refractivity contribution in [1.29, 1.82) is 0 Å². The molecule has 1 aromatic carbocycles. The number of hydrogen-bond donors (Lipinski definition) is 1. The first-order valence-corrected chi connectivity index (χ1v) is 9.18. The number of amides is 1. The first-order valence-electron chi connectivity index (χ1n) is 7.34. The molecule has 0 radical (unpaired) electrons. The maximum Gasteiger partial charge on any atom is 0.271 e. The molecule has 1 aliphatic rings. The van der Waals surface area contributed by atoms with Crippen molar-refractivity contribution in [1.82, 2.24) is 5.43 Å². The molecular weight excluding hydrogens is 336 g/mol. The number of benzene rings is 1. The van der Waals surface area contributed by atoms with Gasteiger partial charge in [0, 0.05) is 17.8 Å². The number of carbonyl (C=O) groups is 1. The number of carbonyl (C=O) groups excluding carboxylic acids is 1. The van der Waals surface area contributed by atoms with Crippen LogP contribution >= 0.6 is 0 Å². The summed E-state index contributed by atoms with van der Waals surface area (Å²) < 4.78 is 24.7. The van der Waals surface area contributed by atoms with Gasteiger partial charge >= 0.3 is 0 Å². The molecule has 0 spiro atoms. The first-order chi connectivity index (χ1) is 11.3. The summed E-state index contributed by atoms with van der Waals surface area (Å²) in [5.74, 6) is -0.605. The smallest absolute Gasteiger partial charge is 0.271 e. The average molecular weight is 354 g/mol. The molecule has 0 aliphatic heterocycles. The molecule has 24 heavy (non-hydrogen) atoms. The molecule has 1 N–H and O–H groups in total. The molecule has 1 saturated carbocycles. The van der Waals surface area contributed by atoms with E-state index in [9.17, 15) is 23.3 Å². The van der Waals surface area contributed by atoms with Gasteiger partial charge in [0.15, 0.2) is 0 Å². The monoisotopic (exact) mass is 354 g/mol. The van der Waals surface area contributed by atoms with Crippen LogP contribution in [-0.2, 0) is 14.8 Å². The Kier molecular flexibility index (Phi) is 5.50. The van der Waals surface area contributed by atoms with E-state index in [0.717, 1.165) is 48.0 Å². The van der Waals surface area contributed by atoms with E-state index >= 15 is 0 Å². The van der Waals surface area contributed by atoms with Crippen molar-refractivity contribution in [3.8, 4) is 0 Å². The predicted molar refractivity (Wildman–Crippen MR) is 89.3 cm³/mol. The van der Waals surface area contributed by atoms with E-state index in [4.69, 9.17) is 0 Å². The highest BCUT2D eigenvalue weighted by molar-refractivity contribution is 7.92. The molecular formula is C14H18N4O5S. The van der Waals surface area contributed by atoms with E-state index < -0.39 is 27.4 Å². The second-order valence-corrected chi connectivity index (χ2v) is 7.37. The molecule has 10 heteroatoms. The zero-order valence-electron chi connectivity index (χ0n) is 13.1. The lowest BCUT2D eigenvalue weighted by Gasteiger charge is -2.21. The zero-order chi connectivity index (χ0) is 17.7. The fraction of sp³-hybridized carbons (Fsp3) is 0.429. The molecule has 9 nitrogen and oxygen atoms in total. The largest absolute Gasteiger partial charge is 0.271 e. The highest BCUT2D eigenvalue weighted by atomic mass is 32.2. The lowest BCUT2D eigenvalue weighted by atomic mass is 10.3. The summed E-state index contributed by atoms with van der Waals surface area (Å²) >= 11 is 0. The Balaban J connectivity index is 2.17. The Hall–Kier alpha value is -2.49. The number of anilines is 1. The number of nitro benzene ring substituents is 1. The topological polar surface area (TPSA) is 122 Å². The Morgan fingerprint density at radius 3 is 2.62 bits per heavy atom. The molecule has 130 valence electrons. The minimum Gasteiger partial charge on any atom is -0.271 e. The molecule has 1 fully saturated rings. The first kappa shape index (κ1) is 17.9. The highest BCUT2D eigenvalue weighted by Crippen LogP contribution is 2.23. The van der Waals surface area contributed by atoms with E-state index in [0.29, 0.717) is 0 Å². The minimum absolute atomic E-state index is 0.0513. The quantitative estimate of drug-likeness (QED) is 0.611. The van der Waals surface area contributed by atoms with Crippen LogP contribution in [0.5, 0.6) is 0 Å². The lowest BCUT2D eigenvalue weighted by molar-refractivity contribution is -0.384. The van der Waals surface area contributed by atoms with Crippen molar-refractivity contribution in [2.75, 3.05) is 17.1 Å². The van der Waals surface area contributed by atoms with Crippen LogP contribution in [0.25, 0.3) is 0 Å². The third-order valence-corrected chi connectivity index (χ3v) is 4.68. The maximum absolute atomic E-state index is 12.0. The van der Waals surface area contributed by atoms with E-state index in [1.54, 1.807) is 0 Å². The van der Waals surface area contributed by atoms with Crippen LogP contribution in [0.1, 0.15) is 25.7 Å². The van der Waals surface area contributed by atoms with Crippen molar-refractivity contribution in [3.63, 3.8) is 0 Å². The fourth-order valence-electron chi connectivity index (χ4n) is 2.36. The predicted octanol–water partition coefficient (Wildman–Crippen LogP) is 1.41. The molecule has 0 saturated heterocycles. The maximum atomic E-state index is 12.0. The summed E-state index contributed by atoms with van der Waals surface area (Å²) in [7, 11) is -3.79. The van der Waals surface area contributed by atoms with Crippen LogP contribution in [0.4, 0.5) is 11.4 Å². The fourth-order valence-corrected chi connectivity index (χ4v) is 3.21. The van der Waals surface area contributed by atoms with Gasteiger partial charge in [0.2, 0.25) is 10.0 Å². The minimum atomic E-state index is -3.79. The summed E-state index contributed by atoms with van der Waals surface area (Å²) in [6.07, 6.45) is 4.62. The SMILES string of the molecule is CS(=O)(=O)N(CC(=O)NN=C1CCCC1)c1cccc([N+](=O)[O-])c1. The second-order valence-electron chi connectivity index (χ2n) is 5.47. The Morgan fingerprint density at radius 1 is 1.38 bits per heavy atom. The molecule has 1 amide bonds. The normalized spacial score (nSPS) is 14.3. The lowest BCUT2D eigenvalue weighted by Crippen LogP contribution is -2.39. The summed E-state index contributed by atoms with van der Waals surface area (Å²) in [6, 6.07) is 5.11. The number of nitrogens with zero attached hydrogens (tertiary/aromatic N) is 3. The zero-order valence-corrected chi connectivity index (χ0v) is 14.0. The molecule has 0 aromatic heterocycles. The summed E-state index contributed by atoms with van der Waals surface area (Å²) in [5.41, 5.74) is 3.02. The standard InChI is InChI=1S/C14H18N4O5S/c1-24(22,23)17(12-7-4-8-13(9-12)18(20)21)10-14(19)16-15-11-5-2-3-6-11/h4,7-9H,2-3,5-6,10H2,1H3,(H,16,19).